The Labute approximate surface area is 136 Å². The van der Waals surface area contributed by atoms with Crippen LogP contribution in [-0.2, 0) is 0 Å². The summed E-state index contributed by atoms with van der Waals surface area (Å²) in [6, 6.07) is 4.49. The summed E-state index contributed by atoms with van der Waals surface area (Å²) in [7, 11) is 0. The molecule has 0 aliphatic carbocycles. The van der Waals surface area contributed by atoms with Crippen LogP contribution in [-0.4, -0.2) is 6.03 Å². The molecular weight excluding hydrogens is 325 g/mol. The van der Waals surface area contributed by atoms with Crippen molar-refractivity contribution < 1.29 is 18.0 Å². The molecule has 2 aromatic rings. The number of benzene rings is 1. The molecule has 1 heterocycles. The van der Waals surface area contributed by atoms with Crippen molar-refractivity contribution >= 4 is 23.1 Å². The Kier molecular flexibility index (Phi) is 4.99. The van der Waals surface area contributed by atoms with Crippen molar-refractivity contribution in [1.82, 2.24) is 5.32 Å². The van der Waals surface area contributed by atoms with Crippen LogP contribution < -0.4 is 10.6 Å². The highest BCUT2D eigenvalue weighted by Gasteiger charge is 2.29. The number of carbonyl (C=O) groups is 1. The fourth-order valence-electron chi connectivity index (χ4n) is 2.08. The third-order valence-corrected chi connectivity index (χ3v) is 4.19. The second-order valence-corrected chi connectivity index (χ2v) is 7.12. The van der Waals surface area contributed by atoms with Crippen molar-refractivity contribution in [2.75, 3.05) is 5.32 Å². The van der Waals surface area contributed by atoms with E-state index in [9.17, 15) is 18.0 Å². The van der Waals surface area contributed by atoms with E-state index in [-0.39, 0.29) is 11.5 Å². The first-order valence-electron chi connectivity index (χ1n) is 6.94. The Morgan fingerprint density at radius 3 is 2.39 bits per heavy atom. The van der Waals surface area contributed by atoms with E-state index >= 15 is 0 Å². The van der Waals surface area contributed by atoms with Crippen LogP contribution in [0.2, 0.25) is 0 Å². The molecule has 2 amide bonds. The normalized spacial score (nSPS) is 12.8. The molecule has 2 rings (SSSR count). The molecule has 1 aromatic heterocycles. The maximum absolute atomic E-state index is 13.6. The zero-order chi connectivity index (χ0) is 17.2. The summed E-state index contributed by atoms with van der Waals surface area (Å²) < 4.78 is 39.7. The molecule has 1 aromatic carbocycles. The first-order valence-corrected chi connectivity index (χ1v) is 7.82. The first-order chi connectivity index (χ1) is 10.7. The zero-order valence-electron chi connectivity index (χ0n) is 12.9. The quantitative estimate of drug-likeness (QED) is 0.751. The molecule has 124 valence electrons. The van der Waals surface area contributed by atoms with E-state index in [2.05, 4.69) is 10.6 Å². The van der Waals surface area contributed by atoms with Crippen LogP contribution in [0.4, 0.5) is 23.7 Å². The lowest BCUT2D eigenvalue weighted by Gasteiger charge is -2.30. The number of hydrogen-bond acceptors (Lipinski definition) is 2. The molecule has 0 aliphatic rings. The monoisotopic (exact) mass is 342 g/mol. The summed E-state index contributed by atoms with van der Waals surface area (Å²) in [4.78, 5) is 13.1. The third kappa shape index (κ3) is 4.04. The Morgan fingerprint density at radius 1 is 1.13 bits per heavy atom. The van der Waals surface area contributed by atoms with Crippen molar-refractivity contribution in [3.63, 3.8) is 0 Å². The van der Waals surface area contributed by atoms with Crippen LogP contribution in [0.15, 0.2) is 29.6 Å². The van der Waals surface area contributed by atoms with Gasteiger partial charge in [0.25, 0.3) is 0 Å². The van der Waals surface area contributed by atoms with E-state index in [0.29, 0.717) is 0 Å². The molecule has 1 atom stereocenters. The van der Waals surface area contributed by atoms with E-state index in [0.717, 1.165) is 17.0 Å². The lowest BCUT2D eigenvalue weighted by molar-refractivity contribution is 0.230. The van der Waals surface area contributed by atoms with Gasteiger partial charge in [0.05, 0.1) is 11.7 Å². The molecule has 2 N–H and O–H groups in total. The van der Waals surface area contributed by atoms with E-state index < -0.39 is 29.2 Å². The minimum absolute atomic E-state index is 0.283. The molecule has 0 saturated carbocycles. The van der Waals surface area contributed by atoms with Gasteiger partial charge in [-0.15, -0.1) is 11.3 Å². The zero-order valence-corrected chi connectivity index (χ0v) is 13.7. The minimum atomic E-state index is -1.62. The number of anilines is 1. The summed E-state index contributed by atoms with van der Waals surface area (Å²) in [5.41, 5.74) is -0.699. The summed E-state index contributed by atoms with van der Waals surface area (Å²) >= 11 is 1.49. The fraction of sp³-hybridized carbons (Fsp3) is 0.312. The standard InChI is InChI=1S/C16H17F3N2OS/c1-16(2,3)14(11-5-4-8-23-11)21-15(22)20-10-7-6-9(17)12(18)13(10)19/h4-8,14H,1-3H3,(H2,20,21,22)/t14-/m1/s1. The highest BCUT2D eigenvalue weighted by atomic mass is 32.1. The van der Waals surface area contributed by atoms with Crippen molar-refractivity contribution in [1.29, 1.82) is 0 Å². The number of carbonyl (C=O) groups excluding carboxylic acids is 1. The minimum Gasteiger partial charge on any atom is -0.330 e. The van der Waals surface area contributed by atoms with Gasteiger partial charge < -0.3 is 10.6 Å². The molecule has 0 bridgehead atoms. The van der Waals surface area contributed by atoms with Gasteiger partial charge in [0.1, 0.15) is 0 Å². The topological polar surface area (TPSA) is 41.1 Å². The molecule has 0 radical (unpaired) electrons. The second kappa shape index (κ2) is 6.62. The van der Waals surface area contributed by atoms with Crippen molar-refractivity contribution in [3.8, 4) is 0 Å². The van der Waals surface area contributed by atoms with Crippen LogP contribution in [0.25, 0.3) is 0 Å². The smallest absolute Gasteiger partial charge is 0.319 e. The Bertz CT molecular complexity index is 696. The maximum atomic E-state index is 13.6. The summed E-state index contributed by atoms with van der Waals surface area (Å²) in [5.74, 6) is -4.35. The van der Waals surface area contributed by atoms with Gasteiger partial charge in [-0.3, -0.25) is 0 Å². The molecule has 3 nitrogen and oxygen atoms in total. The van der Waals surface area contributed by atoms with Gasteiger partial charge >= 0.3 is 6.03 Å². The average Bonchev–Trinajstić information content (AvgIpc) is 2.98. The number of halogens is 3. The SMILES string of the molecule is CC(C)(C)[C@H](NC(=O)Nc1ccc(F)c(F)c1F)c1cccs1. The van der Waals surface area contributed by atoms with Crippen molar-refractivity contribution in [3.05, 3.63) is 52.0 Å². The maximum Gasteiger partial charge on any atom is 0.319 e. The number of thiophene rings is 1. The molecule has 0 aliphatic heterocycles. The number of hydrogen-bond donors (Lipinski definition) is 2. The van der Waals surface area contributed by atoms with Gasteiger partial charge in [-0.25, -0.2) is 18.0 Å². The van der Waals surface area contributed by atoms with Gasteiger partial charge in [-0.1, -0.05) is 26.8 Å². The predicted molar refractivity (Wildman–Crippen MR) is 85.0 cm³/mol. The van der Waals surface area contributed by atoms with Gasteiger partial charge in [0, 0.05) is 4.88 Å². The molecule has 23 heavy (non-hydrogen) atoms. The van der Waals surface area contributed by atoms with Crippen LogP contribution in [0, 0.1) is 22.9 Å². The van der Waals surface area contributed by atoms with E-state index in [1.165, 1.54) is 11.3 Å². The third-order valence-electron chi connectivity index (χ3n) is 3.25. The number of urea groups is 1. The molecular formula is C16H17F3N2OS. The second-order valence-electron chi connectivity index (χ2n) is 6.14. The summed E-state index contributed by atoms with van der Waals surface area (Å²) in [5, 5.41) is 6.85. The Morgan fingerprint density at radius 2 is 1.83 bits per heavy atom. The Balaban J connectivity index is 2.16. The van der Waals surface area contributed by atoms with E-state index in [1.54, 1.807) is 0 Å². The lowest BCUT2D eigenvalue weighted by atomic mass is 9.86. The van der Waals surface area contributed by atoms with Crippen LogP contribution >= 0.6 is 11.3 Å². The van der Waals surface area contributed by atoms with Gasteiger partial charge in [-0.05, 0) is 29.0 Å². The van der Waals surface area contributed by atoms with Gasteiger partial charge in [0.2, 0.25) is 0 Å². The summed E-state index contributed by atoms with van der Waals surface area (Å²) in [6.07, 6.45) is 0. The molecule has 0 spiro atoms. The summed E-state index contributed by atoms with van der Waals surface area (Å²) in [6.45, 7) is 5.86. The van der Waals surface area contributed by atoms with Gasteiger partial charge in [-0.2, -0.15) is 0 Å². The van der Waals surface area contributed by atoms with Crippen LogP contribution in [0.3, 0.4) is 0 Å². The molecule has 0 saturated heterocycles. The number of rotatable bonds is 3. The van der Waals surface area contributed by atoms with E-state index in [4.69, 9.17) is 0 Å². The van der Waals surface area contributed by atoms with Crippen LogP contribution in [0.5, 0.6) is 0 Å². The number of amides is 2. The lowest BCUT2D eigenvalue weighted by Crippen LogP contribution is -2.38. The highest BCUT2D eigenvalue weighted by molar-refractivity contribution is 7.10. The molecule has 0 unspecified atom stereocenters. The fourth-order valence-corrected chi connectivity index (χ4v) is 3.10. The molecule has 0 fully saturated rings. The number of nitrogens with one attached hydrogen (secondary N) is 2. The van der Waals surface area contributed by atoms with Crippen molar-refractivity contribution in [2.45, 2.75) is 26.8 Å². The van der Waals surface area contributed by atoms with Crippen molar-refractivity contribution in [2.24, 2.45) is 5.41 Å². The Hall–Kier alpha value is -2.02. The van der Waals surface area contributed by atoms with Crippen LogP contribution in [0.1, 0.15) is 31.7 Å². The van der Waals surface area contributed by atoms with E-state index in [1.807, 2.05) is 38.3 Å². The average molecular weight is 342 g/mol. The molecule has 7 heteroatoms. The highest BCUT2D eigenvalue weighted by Crippen LogP contribution is 2.35. The predicted octanol–water partition coefficient (Wildman–Crippen LogP) is 5.07. The first kappa shape index (κ1) is 17.3. The largest absolute Gasteiger partial charge is 0.330 e. The van der Waals surface area contributed by atoms with Gasteiger partial charge in [0.15, 0.2) is 17.5 Å².